The molecule has 0 saturated heterocycles. The summed E-state index contributed by atoms with van der Waals surface area (Å²) < 4.78 is 19.0. The molecule has 0 heterocycles. The second kappa shape index (κ2) is 6.60. The van der Waals surface area contributed by atoms with Gasteiger partial charge >= 0.3 is 0 Å². The van der Waals surface area contributed by atoms with Crippen molar-refractivity contribution >= 4 is 0 Å². The first-order valence-corrected chi connectivity index (χ1v) is 6.15. The highest BCUT2D eigenvalue weighted by atomic mass is 19.1. The van der Waals surface area contributed by atoms with Crippen molar-refractivity contribution in [2.24, 2.45) is 5.92 Å². The van der Waals surface area contributed by atoms with Gasteiger partial charge in [0.25, 0.3) is 0 Å². The van der Waals surface area contributed by atoms with Gasteiger partial charge in [-0.05, 0) is 31.5 Å². The molecule has 2 nitrogen and oxygen atoms in total. The van der Waals surface area contributed by atoms with Crippen LogP contribution in [0, 0.1) is 11.7 Å². The third-order valence-corrected chi connectivity index (χ3v) is 3.14. The van der Waals surface area contributed by atoms with Gasteiger partial charge in [-0.1, -0.05) is 26.3 Å². The molecule has 0 amide bonds. The average Bonchev–Trinajstić information content (AvgIpc) is 2.34. The zero-order chi connectivity index (χ0) is 12.8. The molecule has 1 aromatic carbocycles. The fourth-order valence-corrected chi connectivity index (χ4v) is 1.74. The Kier molecular flexibility index (Phi) is 5.42. The number of hydrogen-bond donors (Lipinski definition) is 1. The second-order valence-corrected chi connectivity index (χ2v) is 4.50. The first-order valence-electron chi connectivity index (χ1n) is 6.15. The smallest absolute Gasteiger partial charge is 0.131 e. The Bertz CT molecular complexity index is 354. The Morgan fingerprint density at radius 2 is 2.06 bits per heavy atom. The molecular weight excluding hydrogens is 217 g/mol. The summed E-state index contributed by atoms with van der Waals surface area (Å²) in [6.45, 7) is 7.18. The van der Waals surface area contributed by atoms with E-state index in [0.29, 0.717) is 17.2 Å². The molecule has 1 N–H and O–H groups in total. The van der Waals surface area contributed by atoms with E-state index < -0.39 is 0 Å². The van der Waals surface area contributed by atoms with E-state index >= 15 is 0 Å². The quantitative estimate of drug-likeness (QED) is 0.820. The summed E-state index contributed by atoms with van der Waals surface area (Å²) in [7, 11) is 1.57. The average molecular weight is 239 g/mol. The van der Waals surface area contributed by atoms with Gasteiger partial charge in [-0.25, -0.2) is 4.39 Å². The van der Waals surface area contributed by atoms with E-state index in [1.165, 1.54) is 6.07 Å². The van der Waals surface area contributed by atoms with Crippen LogP contribution in [0.25, 0.3) is 0 Å². The van der Waals surface area contributed by atoms with Crippen LogP contribution in [0.5, 0.6) is 5.75 Å². The molecule has 17 heavy (non-hydrogen) atoms. The SMILES string of the molecule is CCC(C)CNC(C)c1c(F)cccc1OC. The summed E-state index contributed by atoms with van der Waals surface area (Å²) >= 11 is 0. The fraction of sp³-hybridized carbons (Fsp3) is 0.571. The predicted octanol–water partition coefficient (Wildman–Crippen LogP) is 3.53. The van der Waals surface area contributed by atoms with Gasteiger partial charge in [-0.15, -0.1) is 0 Å². The van der Waals surface area contributed by atoms with E-state index in [-0.39, 0.29) is 11.9 Å². The lowest BCUT2D eigenvalue weighted by Gasteiger charge is -2.19. The van der Waals surface area contributed by atoms with Gasteiger partial charge in [0.1, 0.15) is 11.6 Å². The fourth-order valence-electron chi connectivity index (χ4n) is 1.74. The van der Waals surface area contributed by atoms with Gasteiger partial charge in [-0.2, -0.15) is 0 Å². The van der Waals surface area contributed by atoms with Crippen LogP contribution in [0.4, 0.5) is 4.39 Å². The van der Waals surface area contributed by atoms with Gasteiger partial charge in [0, 0.05) is 11.6 Å². The molecule has 0 aliphatic heterocycles. The summed E-state index contributed by atoms with van der Waals surface area (Å²) in [4.78, 5) is 0. The lowest BCUT2D eigenvalue weighted by atomic mass is 10.0. The van der Waals surface area contributed by atoms with Gasteiger partial charge in [0.15, 0.2) is 0 Å². The molecule has 1 rings (SSSR count). The minimum absolute atomic E-state index is 0.0415. The number of hydrogen-bond acceptors (Lipinski definition) is 2. The third-order valence-electron chi connectivity index (χ3n) is 3.14. The third kappa shape index (κ3) is 3.70. The van der Waals surface area contributed by atoms with Crippen molar-refractivity contribution in [1.29, 1.82) is 0 Å². The van der Waals surface area contributed by atoms with Crippen LogP contribution in [-0.2, 0) is 0 Å². The first-order chi connectivity index (χ1) is 8.10. The molecule has 0 saturated carbocycles. The summed E-state index contributed by atoms with van der Waals surface area (Å²) in [6, 6.07) is 4.89. The van der Waals surface area contributed by atoms with E-state index in [0.717, 1.165) is 13.0 Å². The van der Waals surface area contributed by atoms with Crippen molar-refractivity contribution in [2.75, 3.05) is 13.7 Å². The van der Waals surface area contributed by atoms with Gasteiger partial charge in [-0.3, -0.25) is 0 Å². The molecular formula is C14H22FNO. The maximum absolute atomic E-state index is 13.8. The summed E-state index contributed by atoms with van der Waals surface area (Å²) in [5.74, 6) is 0.984. The minimum atomic E-state index is -0.214. The van der Waals surface area contributed by atoms with E-state index in [1.807, 2.05) is 6.92 Å². The van der Waals surface area contributed by atoms with Crippen molar-refractivity contribution in [3.8, 4) is 5.75 Å². The largest absolute Gasteiger partial charge is 0.496 e. The zero-order valence-electron chi connectivity index (χ0n) is 11.1. The Morgan fingerprint density at radius 3 is 2.65 bits per heavy atom. The molecule has 0 bridgehead atoms. The van der Waals surface area contributed by atoms with Crippen LogP contribution in [0.3, 0.4) is 0 Å². The Labute approximate surface area is 103 Å². The number of rotatable bonds is 6. The molecule has 0 radical (unpaired) electrons. The highest BCUT2D eigenvalue weighted by Crippen LogP contribution is 2.27. The van der Waals surface area contributed by atoms with Crippen LogP contribution < -0.4 is 10.1 Å². The molecule has 0 aliphatic carbocycles. The topological polar surface area (TPSA) is 21.3 Å². The lowest BCUT2D eigenvalue weighted by molar-refractivity contribution is 0.387. The lowest BCUT2D eigenvalue weighted by Crippen LogP contribution is -2.25. The molecule has 0 spiro atoms. The molecule has 0 fully saturated rings. The van der Waals surface area contributed by atoms with Crippen LogP contribution in [0.1, 0.15) is 38.8 Å². The second-order valence-electron chi connectivity index (χ2n) is 4.50. The predicted molar refractivity (Wildman–Crippen MR) is 68.8 cm³/mol. The monoisotopic (exact) mass is 239 g/mol. The molecule has 96 valence electrons. The van der Waals surface area contributed by atoms with Gasteiger partial charge in [0.2, 0.25) is 0 Å². The normalized spacial score (nSPS) is 14.4. The standard InChI is InChI=1S/C14H22FNO/c1-5-10(2)9-16-11(3)14-12(15)7-6-8-13(14)17-4/h6-8,10-11,16H,5,9H2,1-4H3. The molecule has 0 aliphatic rings. The van der Waals surface area contributed by atoms with E-state index in [4.69, 9.17) is 4.74 Å². The zero-order valence-corrected chi connectivity index (χ0v) is 11.1. The Balaban J connectivity index is 2.77. The summed E-state index contributed by atoms with van der Waals surface area (Å²) in [5.41, 5.74) is 0.610. The van der Waals surface area contributed by atoms with Gasteiger partial charge in [0.05, 0.1) is 7.11 Å². The Morgan fingerprint density at radius 1 is 1.35 bits per heavy atom. The number of ether oxygens (including phenoxy) is 1. The maximum atomic E-state index is 13.8. The maximum Gasteiger partial charge on any atom is 0.131 e. The van der Waals surface area contributed by atoms with Crippen LogP contribution in [-0.4, -0.2) is 13.7 Å². The van der Waals surface area contributed by atoms with E-state index in [1.54, 1.807) is 19.2 Å². The van der Waals surface area contributed by atoms with Crippen molar-refractivity contribution in [1.82, 2.24) is 5.32 Å². The van der Waals surface area contributed by atoms with Crippen LogP contribution in [0.15, 0.2) is 18.2 Å². The summed E-state index contributed by atoms with van der Waals surface area (Å²) in [5, 5.41) is 3.35. The van der Waals surface area contributed by atoms with Crippen LogP contribution >= 0.6 is 0 Å². The first kappa shape index (κ1) is 14.0. The van der Waals surface area contributed by atoms with Crippen molar-refractivity contribution in [3.05, 3.63) is 29.6 Å². The van der Waals surface area contributed by atoms with Crippen molar-refractivity contribution in [2.45, 2.75) is 33.2 Å². The Hall–Kier alpha value is -1.09. The van der Waals surface area contributed by atoms with Crippen LogP contribution in [0.2, 0.25) is 0 Å². The van der Waals surface area contributed by atoms with E-state index in [2.05, 4.69) is 19.2 Å². The highest BCUT2D eigenvalue weighted by molar-refractivity contribution is 5.36. The minimum Gasteiger partial charge on any atom is -0.496 e. The molecule has 0 aromatic heterocycles. The molecule has 2 atom stereocenters. The molecule has 2 unspecified atom stereocenters. The van der Waals surface area contributed by atoms with E-state index in [9.17, 15) is 4.39 Å². The molecule has 3 heteroatoms. The van der Waals surface area contributed by atoms with Crippen molar-refractivity contribution in [3.63, 3.8) is 0 Å². The number of nitrogens with one attached hydrogen (secondary N) is 1. The summed E-state index contributed by atoms with van der Waals surface area (Å²) in [6.07, 6.45) is 1.12. The number of halogens is 1. The number of methoxy groups -OCH3 is 1. The van der Waals surface area contributed by atoms with Gasteiger partial charge < -0.3 is 10.1 Å². The van der Waals surface area contributed by atoms with Crippen molar-refractivity contribution < 1.29 is 9.13 Å². The number of benzene rings is 1. The highest BCUT2D eigenvalue weighted by Gasteiger charge is 2.16. The molecule has 1 aromatic rings.